The Morgan fingerprint density at radius 2 is 1.86 bits per heavy atom. The van der Waals surface area contributed by atoms with Gasteiger partial charge in [0, 0.05) is 17.9 Å². The molecular formula is C15H16BrF2NO2. The van der Waals surface area contributed by atoms with Gasteiger partial charge in [-0.3, -0.25) is 9.59 Å². The van der Waals surface area contributed by atoms with E-state index >= 15 is 0 Å². The van der Waals surface area contributed by atoms with E-state index in [4.69, 9.17) is 0 Å². The largest absolute Gasteiger partial charge is 0.302 e. The van der Waals surface area contributed by atoms with Gasteiger partial charge in [-0.05, 0) is 17.4 Å². The number of alkyl halides is 1. The van der Waals surface area contributed by atoms with Crippen LogP contribution in [0.25, 0.3) is 0 Å². The molecule has 21 heavy (non-hydrogen) atoms. The number of benzene rings is 1. The van der Waals surface area contributed by atoms with Crippen LogP contribution < -0.4 is 4.90 Å². The van der Waals surface area contributed by atoms with E-state index in [0.717, 1.165) is 11.0 Å². The van der Waals surface area contributed by atoms with E-state index in [2.05, 4.69) is 15.9 Å². The molecule has 0 aliphatic carbocycles. The van der Waals surface area contributed by atoms with Crippen molar-refractivity contribution in [3.63, 3.8) is 0 Å². The van der Waals surface area contributed by atoms with E-state index in [1.807, 2.05) is 20.8 Å². The monoisotopic (exact) mass is 359 g/mol. The molecule has 114 valence electrons. The molecule has 1 atom stereocenters. The molecule has 3 nitrogen and oxygen atoms in total. The van der Waals surface area contributed by atoms with Crippen LogP contribution in [0.2, 0.25) is 0 Å². The summed E-state index contributed by atoms with van der Waals surface area (Å²) in [6.45, 7) is 6.21. The highest BCUT2D eigenvalue weighted by Crippen LogP contribution is 2.36. The number of halogens is 3. The lowest BCUT2D eigenvalue weighted by atomic mass is 9.82. The highest BCUT2D eigenvalue weighted by Gasteiger charge is 2.41. The summed E-state index contributed by atoms with van der Waals surface area (Å²) in [5.41, 5.74) is -0.437. The Hall–Kier alpha value is -1.30. The Kier molecular flexibility index (Phi) is 4.19. The van der Waals surface area contributed by atoms with Gasteiger partial charge in [-0.2, -0.15) is 0 Å². The van der Waals surface area contributed by atoms with E-state index in [1.54, 1.807) is 0 Å². The van der Waals surface area contributed by atoms with Gasteiger partial charge in [-0.25, -0.2) is 8.78 Å². The molecule has 0 saturated carbocycles. The minimum absolute atomic E-state index is 0.0182. The first-order valence-electron chi connectivity index (χ1n) is 6.58. The summed E-state index contributed by atoms with van der Waals surface area (Å²) in [4.78, 5) is 25.1. The fourth-order valence-electron chi connectivity index (χ4n) is 2.30. The fraction of sp³-hybridized carbons (Fsp3) is 0.467. The summed E-state index contributed by atoms with van der Waals surface area (Å²) >= 11 is 3.39. The fourth-order valence-corrected chi connectivity index (χ4v) is 3.48. The first kappa shape index (κ1) is 16.1. The van der Waals surface area contributed by atoms with Gasteiger partial charge >= 0.3 is 0 Å². The molecule has 0 N–H and O–H groups in total. The summed E-state index contributed by atoms with van der Waals surface area (Å²) in [5, 5.41) is 0.604. The molecule has 6 heteroatoms. The summed E-state index contributed by atoms with van der Waals surface area (Å²) in [6.07, 6.45) is 0. The molecule has 1 aliphatic heterocycles. The number of hydrogen-bond donors (Lipinski definition) is 0. The zero-order valence-electron chi connectivity index (χ0n) is 12.0. The van der Waals surface area contributed by atoms with Gasteiger partial charge in [0.2, 0.25) is 0 Å². The number of carbonyl (C=O) groups is 2. The second-order valence-corrected chi connectivity index (χ2v) is 6.89. The lowest BCUT2D eigenvalue weighted by molar-refractivity contribution is -0.114. The molecule has 1 aromatic carbocycles. The second-order valence-electron chi connectivity index (χ2n) is 6.25. The average molecular weight is 360 g/mol. The first-order valence-corrected chi connectivity index (χ1v) is 7.70. The third-order valence-electron chi connectivity index (χ3n) is 3.80. The predicted molar refractivity (Wildman–Crippen MR) is 79.8 cm³/mol. The van der Waals surface area contributed by atoms with E-state index in [1.165, 1.54) is 0 Å². The summed E-state index contributed by atoms with van der Waals surface area (Å²) in [5.74, 6) is -3.38. The van der Waals surface area contributed by atoms with Crippen LogP contribution in [0, 0.1) is 23.0 Å². The molecule has 0 spiro atoms. The molecule has 1 heterocycles. The summed E-state index contributed by atoms with van der Waals surface area (Å²) in [6, 6.07) is 1.61. The second kappa shape index (κ2) is 5.48. The first-order chi connectivity index (χ1) is 9.66. The molecule has 1 unspecified atom stereocenters. The Bertz CT molecular complexity index is 610. The minimum atomic E-state index is -0.883. The normalized spacial score (nSPS) is 16.4. The molecule has 0 saturated heterocycles. The van der Waals surface area contributed by atoms with E-state index in [9.17, 15) is 18.4 Å². The Morgan fingerprint density at radius 3 is 2.38 bits per heavy atom. The number of amides is 1. The number of nitrogens with zero attached hydrogens (tertiary/aromatic N) is 1. The molecule has 0 bridgehead atoms. The van der Waals surface area contributed by atoms with Gasteiger partial charge in [0.25, 0.3) is 11.7 Å². The van der Waals surface area contributed by atoms with Crippen LogP contribution in [0.15, 0.2) is 12.1 Å². The molecule has 0 aromatic heterocycles. The predicted octanol–water partition coefficient (Wildman–Crippen LogP) is 3.55. The van der Waals surface area contributed by atoms with Gasteiger partial charge in [-0.15, -0.1) is 0 Å². The lowest BCUT2D eigenvalue weighted by Gasteiger charge is -2.32. The zero-order valence-corrected chi connectivity index (χ0v) is 13.6. The lowest BCUT2D eigenvalue weighted by Crippen LogP contribution is -2.39. The number of rotatable bonds is 3. The Morgan fingerprint density at radius 1 is 1.24 bits per heavy atom. The van der Waals surface area contributed by atoms with Gasteiger partial charge < -0.3 is 4.90 Å². The van der Waals surface area contributed by atoms with Crippen LogP contribution in [-0.4, -0.2) is 23.6 Å². The van der Waals surface area contributed by atoms with Crippen LogP contribution in [0.4, 0.5) is 14.5 Å². The van der Waals surface area contributed by atoms with E-state index < -0.39 is 23.3 Å². The van der Waals surface area contributed by atoms with Crippen molar-refractivity contribution in [2.24, 2.45) is 11.3 Å². The van der Waals surface area contributed by atoms with Crippen molar-refractivity contribution >= 4 is 33.3 Å². The van der Waals surface area contributed by atoms with Gasteiger partial charge in [0.15, 0.2) is 5.82 Å². The summed E-state index contributed by atoms with van der Waals surface area (Å²) in [7, 11) is 0. The molecule has 1 aromatic rings. The number of carbonyl (C=O) groups excluding carboxylic acids is 2. The van der Waals surface area contributed by atoms with Crippen molar-refractivity contribution in [3.05, 3.63) is 29.3 Å². The van der Waals surface area contributed by atoms with Gasteiger partial charge in [-0.1, -0.05) is 36.7 Å². The van der Waals surface area contributed by atoms with Crippen molar-refractivity contribution in [3.8, 4) is 0 Å². The number of anilines is 1. The van der Waals surface area contributed by atoms with E-state index in [0.29, 0.717) is 11.4 Å². The van der Waals surface area contributed by atoms with Crippen molar-refractivity contribution in [1.29, 1.82) is 0 Å². The smallest absolute Gasteiger partial charge is 0.299 e. The maximum absolute atomic E-state index is 14.0. The van der Waals surface area contributed by atoms with Crippen molar-refractivity contribution in [2.45, 2.75) is 20.8 Å². The van der Waals surface area contributed by atoms with Crippen LogP contribution in [0.1, 0.15) is 31.1 Å². The number of Topliss-reactive ketones (excluding diaryl/α,β-unsaturated/α-hetero) is 1. The number of hydrogen-bond acceptors (Lipinski definition) is 2. The topological polar surface area (TPSA) is 37.4 Å². The number of ketones is 1. The highest BCUT2D eigenvalue weighted by molar-refractivity contribution is 9.09. The molecular weight excluding hydrogens is 344 g/mol. The Balaban J connectivity index is 2.44. The van der Waals surface area contributed by atoms with Crippen LogP contribution in [0.3, 0.4) is 0 Å². The highest BCUT2D eigenvalue weighted by atomic mass is 79.9. The van der Waals surface area contributed by atoms with Crippen LogP contribution >= 0.6 is 15.9 Å². The molecule has 1 aliphatic rings. The minimum Gasteiger partial charge on any atom is -0.302 e. The summed E-state index contributed by atoms with van der Waals surface area (Å²) < 4.78 is 27.2. The van der Waals surface area contributed by atoms with Crippen molar-refractivity contribution in [2.75, 3.05) is 16.8 Å². The molecule has 0 radical (unpaired) electrons. The van der Waals surface area contributed by atoms with Crippen molar-refractivity contribution < 1.29 is 18.4 Å². The van der Waals surface area contributed by atoms with Gasteiger partial charge in [0.1, 0.15) is 5.82 Å². The maximum Gasteiger partial charge on any atom is 0.299 e. The maximum atomic E-state index is 14.0. The average Bonchev–Trinajstić information content (AvgIpc) is 2.59. The Labute approximate surface area is 130 Å². The SMILES string of the molecule is CC(C)(C)C(CBr)CN1C(=O)C(=O)c2cc(F)cc(F)c21. The molecule has 2 rings (SSSR count). The quantitative estimate of drug-likeness (QED) is 0.611. The van der Waals surface area contributed by atoms with Gasteiger partial charge in [0.05, 0.1) is 11.3 Å². The third-order valence-corrected chi connectivity index (χ3v) is 4.58. The van der Waals surface area contributed by atoms with Crippen LogP contribution in [-0.2, 0) is 4.79 Å². The molecule has 1 amide bonds. The third kappa shape index (κ3) is 2.86. The van der Waals surface area contributed by atoms with Crippen LogP contribution in [0.5, 0.6) is 0 Å². The zero-order chi connectivity index (χ0) is 15.9. The molecule has 0 fully saturated rings. The van der Waals surface area contributed by atoms with Crippen molar-refractivity contribution in [1.82, 2.24) is 0 Å². The number of fused-ring (bicyclic) bond motifs is 1. The standard InChI is InChI=1S/C15H16BrF2NO2/c1-15(2,3)8(6-16)7-19-12-10(13(20)14(19)21)4-9(17)5-11(12)18/h4-5,8H,6-7H2,1-3H3. The van der Waals surface area contributed by atoms with E-state index in [-0.39, 0.29) is 29.1 Å².